The number of hydrogen-bond donors (Lipinski definition) is 2. The zero-order chi connectivity index (χ0) is 17.7. The lowest BCUT2D eigenvalue weighted by Crippen LogP contribution is -2.36. The number of anilines is 1. The summed E-state index contributed by atoms with van der Waals surface area (Å²) in [5.74, 6) is 0. The standard InChI is InChI=1S/C15H17F3N4O2/c1-2-21(6-7-23)14(24)20-12-9-19-22(10-12)13-5-3-4-11(8-13)15(16,17)18/h3-5,8-10,23H,2,6-7H2,1H3,(H,20,24). The number of likely N-dealkylation sites (N-methyl/N-ethyl adjacent to an activating group) is 1. The Morgan fingerprint density at radius 3 is 2.79 bits per heavy atom. The van der Waals surface area contributed by atoms with E-state index in [2.05, 4.69) is 10.4 Å². The van der Waals surface area contributed by atoms with E-state index in [1.165, 1.54) is 34.1 Å². The number of urea groups is 1. The van der Waals surface area contributed by atoms with E-state index in [1.807, 2.05) is 0 Å². The third-order valence-corrected chi connectivity index (χ3v) is 3.31. The second-order valence-electron chi connectivity index (χ2n) is 4.96. The number of carbonyl (C=O) groups is 1. The molecule has 0 aliphatic heterocycles. The second-order valence-corrected chi connectivity index (χ2v) is 4.96. The fourth-order valence-electron chi connectivity index (χ4n) is 2.08. The summed E-state index contributed by atoms with van der Waals surface area (Å²) in [7, 11) is 0. The van der Waals surface area contributed by atoms with Crippen LogP contribution in [-0.2, 0) is 6.18 Å². The number of alkyl halides is 3. The smallest absolute Gasteiger partial charge is 0.395 e. The van der Waals surface area contributed by atoms with Crippen molar-refractivity contribution in [3.05, 3.63) is 42.2 Å². The van der Waals surface area contributed by atoms with Crippen molar-refractivity contribution in [2.75, 3.05) is 25.0 Å². The molecule has 0 atom stereocenters. The molecule has 0 unspecified atom stereocenters. The zero-order valence-corrected chi connectivity index (χ0v) is 12.9. The van der Waals surface area contributed by atoms with Gasteiger partial charge in [-0.3, -0.25) is 0 Å². The topological polar surface area (TPSA) is 70.4 Å². The predicted octanol–water partition coefficient (Wildman–Crippen LogP) is 2.74. The molecule has 0 saturated heterocycles. The molecule has 0 saturated carbocycles. The number of amides is 2. The molecule has 0 bridgehead atoms. The van der Waals surface area contributed by atoms with Crippen molar-refractivity contribution >= 4 is 11.7 Å². The van der Waals surface area contributed by atoms with Crippen LogP contribution in [-0.4, -0.2) is 45.5 Å². The molecular weight excluding hydrogens is 325 g/mol. The van der Waals surface area contributed by atoms with Gasteiger partial charge < -0.3 is 15.3 Å². The van der Waals surface area contributed by atoms with E-state index in [1.54, 1.807) is 6.92 Å². The molecule has 0 spiro atoms. The molecule has 2 amide bonds. The van der Waals surface area contributed by atoms with Crippen LogP contribution in [0.5, 0.6) is 0 Å². The molecule has 0 aliphatic rings. The lowest BCUT2D eigenvalue weighted by molar-refractivity contribution is -0.137. The highest BCUT2D eigenvalue weighted by Gasteiger charge is 2.30. The molecule has 0 radical (unpaired) electrons. The first-order valence-corrected chi connectivity index (χ1v) is 7.24. The van der Waals surface area contributed by atoms with Crippen LogP contribution in [0.2, 0.25) is 0 Å². The maximum Gasteiger partial charge on any atom is 0.416 e. The number of carbonyl (C=O) groups excluding carboxylic acids is 1. The summed E-state index contributed by atoms with van der Waals surface area (Å²) in [6.45, 7) is 2.20. The number of halogens is 3. The van der Waals surface area contributed by atoms with Crippen molar-refractivity contribution < 1.29 is 23.1 Å². The molecule has 1 aromatic heterocycles. The first kappa shape index (κ1) is 17.8. The molecule has 24 heavy (non-hydrogen) atoms. The molecule has 0 fully saturated rings. The van der Waals surface area contributed by atoms with E-state index >= 15 is 0 Å². The van der Waals surface area contributed by atoms with E-state index in [0.29, 0.717) is 12.2 Å². The molecule has 9 heteroatoms. The number of nitrogens with zero attached hydrogens (tertiary/aromatic N) is 3. The van der Waals surface area contributed by atoms with Crippen molar-refractivity contribution in [1.29, 1.82) is 0 Å². The third kappa shape index (κ3) is 4.25. The van der Waals surface area contributed by atoms with Crippen LogP contribution in [0.4, 0.5) is 23.7 Å². The monoisotopic (exact) mass is 342 g/mol. The fourth-order valence-corrected chi connectivity index (χ4v) is 2.08. The maximum atomic E-state index is 12.7. The Kier molecular flexibility index (Phi) is 5.45. The highest BCUT2D eigenvalue weighted by Crippen LogP contribution is 2.30. The van der Waals surface area contributed by atoms with Crippen molar-refractivity contribution in [3.8, 4) is 5.69 Å². The average Bonchev–Trinajstić information content (AvgIpc) is 3.00. The Hall–Kier alpha value is -2.55. The van der Waals surface area contributed by atoms with Gasteiger partial charge in [-0.15, -0.1) is 0 Å². The van der Waals surface area contributed by atoms with Gasteiger partial charge >= 0.3 is 12.2 Å². The summed E-state index contributed by atoms with van der Waals surface area (Å²) in [6, 6.07) is 4.30. The number of nitrogens with one attached hydrogen (secondary N) is 1. The van der Waals surface area contributed by atoms with E-state index in [0.717, 1.165) is 12.1 Å². The van der Waals surface area contributed by atoms with Crippen LogP contribution in [0.3, 0.4) is 0 Å². The second kappa shape index (κ2) is 7.35. The summed E-state index contributed by atoms with van der Waals surface area (Å²) in [5, 5.41) is 15.4. The van der Waals surface area contributed by atoms with Crippen molar-refractivity contribution in [1.82, 2.24) is 14.7 Å². The minimum Gasteiger partial charge on any atom is -0.395 e. The third-order valence-electron chi connectivity index (χ3n) is 3.31. The SMILES string of the molecule is CCN(CCO)C(=O)Nc1cnn(-c2cccc(C(F)(F)F)c2)c1. The van der Waals surface area contributed by atoms with E-state index in [9.17, 15) is 18.0 Å². The predicted molar refractivity (Wildman–Crippen MR) is 81.9 cm³/mol. The summed E-state index contributed by atoms with van der Waals surface area (Å²) in [6.07, 6.45) is -1.68. The molecule has 6 nitrogen and oxygen atoms in total. The van der Waals surface area contributed by atoms with Gasteiger partial charge in [-0.2, -0.15) is 18.3 Å². The van der Waals surface area contributed by atoms with Gasteiger partial charge in [0.25, 0.3) is 0 Å². The van der Waals surface area contributed by atoms with Crippen molar-refractivity contribution in [2.24, 2.45) is 0 Å². The molecular formula is C15H17F3N4O2. The van der Waals surface area contributed by atoms with Crippen LogP contribution >= 0.6 is 0 Å². The lowest BCUT2D eigenvalue weighted by atomic mass is 10.2. The normalized spacial score (nSPS) is 11.4. The highest BCUT2D eigenvalue weighted by molar-refractivity contribution is 5.89. The Labute approximate surface area is 136 Å². The summed E-state index contributed by atoms with van der Waals surface area (Å²) in [5.41, 5.74) is -0.206. The number of rotatable bonds is 5. The minimum atomic E-state index is -4.44. The molecule has 1 heterocycles. The Balaban J connectivity index is 2.15. The van der Waals surface area contributed by atoms with Gasteiger partial charge in [0, 0.05) is 13.1 Å². The average molecular weight is 342 g/mol. The van der Waals surface area contributed by atoms with Crippen molar-refractivity contribution in [2.45, 2.75) is 13.1 Å². The number of aliphatic hydroxyl groups excluding tert-OH is 1. The lowest BCUT2D eigenvalue weighted by Gasteiger charge is -2.19. The van der Waals surface area contributed by atoms with Gasteiger partial charge in [0.1, 0.15) is 0 Å². The van der Waals surface area contributed by atoms with Crippen molar-refractivity contribution in [3.63, 3.8) is 0 Å². The zero-order valence-electron chi connectivity index (χ0n) is 12.9. The molecule has 130 valence electrons. The Morgan fingerprint density at radius 2 is 2.17 bits per heavy atom. The van der Waals surface area contributed by atoms with Gasteiger partial charge in [0.15, 0.2) is 0 Å². The van der Waals surface area contributed by atoms with E-state index in [4.69, 9.17) is 5.11 Å². The molecule has 2 rings (SSSR count). The van der Waals surface area contributed by atoms with Crippen LogP contribution in [0.15, 0.2) is 36.7 Å². The summed E-state index contributed by atoms with van der Waals surface area (Å²) < 4.78 is 39.5. The highest BCUT2D eigenvalue weighted by atomic mass is 19.4. The first-order valence-electron chi connectivity index (χ1n) is 7.24. The maximum absolute atomic E-state index is 12.7. The molecule has 2 aromatic rings. The Morgan fingerprint density at radius 1 is 1.42 bits per heavy atom. The van der Waals surface area contributed by atoms with Crippen LogP contribution in [0.25, 0.3) is 5.69 Å². The minimum absolute atomic E-state index is 0.162. The molecule has 1 aromatic carbocycles. The van der Waals surface area contributed by atoms with E-state index in [-0.39, 0.29) is 18.8 Å². The fraction of sp³-hybridized carbons (Fsp3) is 0.333. The van der Waals surface area contributed by atoms with E-state index < -0.39 is 17.8 Å². The van der Waals surface area contributed by atoms with Gasteiger partial charge in [-0.25, -0.2) is 9.48 Å². The number of benzene rings is 1. The molecule has 0 aliphatic carbocycles. The van der Waals surface area contributed by atoms with Crippen LogP contribution in [0.1, 0.15) is 12.5 Å². The first-order chi connectivity index (χ1) is 11.3. The largest absolute Gasteiger partial charge is 0.416 e. The summed E-state index contributed by atoms with van der Waals surface area (Å²) >= 11 is 0. The number of aromatic nitrogens is 2. The number of hydrogen-bond acceptors (Lipinski definition) is 3. The van der Waals surface area contributed by atoms with Gasteiger partial charge in [0.2, 0.25) is 0 Å². The Bertz CT molecular complexity index is 700. The van der Waals surface area contributed by atoms with Gasteiger partial charge in [-0.05, 0) is 25.1 Å². The van der Waals surface area contributed by atoms with Crippen LogP contribution in [0, 0.1) is 0 Å². The van der Waals surface area contributed by atoms with Gasteiger partial charge in [0.05, 0.1) is 35.9 Å². The van der Waals surface area contributed by atoms with Gasteiger partial charge in [-0.1, -0.05) is 6.07 Å². The number of aliphatic hydroxyl groups is 1. The quantitative estimate of drug-likeness (QED) is 0.878. The summed E-state index contributed by atoms with van der Waals surface area (Å²) in [4.78, 5) is 13.4. The molecule has 2 N–H and O–H groups in total. The van der Waals surface area contributed by atoms with Crippen LogP contribution < -0.4 is 5.32 Å².